The van der Waals surface area contributed by atoms with E-state index < -0.39 is 0 Å². The maximum absolute atomic E-state index is 7.65. The standard InChI is InChI=1S/C15H26N4/c1-9(2)10(3)18-14-11(13(16)17)7-8-12(19-14)15(4,5)6/h7-10H,1-6H3,(H3,16,17)(H,18,19). The van der Waals surface area contributed by atoms with Gasteiger partial charge in [-0.05, 0) is 25.0 Å². The van der Waals surface area contributed by atoms with E-state index in [1.165, 1.54) is 0 Å². The summed E-state index contributed by atoms with van der Waals surface area (Å²) in [5.74, 6) is 1.24. The number of rotatable bonds is 4. The zero-order chi connectivity index (χ0) is 14.8. The molecule has 1 atom stereocenters. The Balaban J connectivity index is 3.20. The molecule has 0 fully saturated rings. The van der Waals surface area contributed by atoms with Gasteiger partial charge in [-0.25, -0.2) is 4.98 Å². The van der Waals surface area contributed by atoms with Crippen LogP contribution in [0, 0.1) is 11.3 Å². The Hall–Kier alpha value is -1.58. The first-order valence-corrected chi connectivity index (χ1v) is 6.75. The highest BCUT2D eigenvalue weighted by atomic mass is 15.0. The minimum absolute atomic E-state index is 0.0210. The highest BCUT2D eigenvalue weighted by Gasteiger charge is 2.19. The number of hydrogen-bond acceptors (Lipinski definition) is 3. The Morgan fingerprint density at radius 1 is 1.26 bits per heavy atom. The second-order valence-electron chi connectivity index (χ2n) is 6.43. The fourth-order valence-electron chi connectivity index (χ4n) is 1.59. The normalized spacial score (nSPS) is 13.4. The number of nitrogens with two attached hydrogens (primary N) is 1. The summed E-state index contributed by atoms with van der Waals surface area (Å²) < 4.78 is 0. The second kappa shape index (κ2) is 5.59. The van der Waals surface area contributed by atoms with Gasteiger partial charge < -0.3 is 11.1 Å². The monoisotopic (exact) mass is 262 g/mol. The van der Waals surface area contributed by atoms with Crippen molar-refractivity contribution in [3.05, 3.63) is 23.4 Å². The highest BCUT2D eigenvalue weighted by molar-refractivity contribution is 5.99. The zero-order valence-electron chi connectivity index (χ0n) is 12.8. The first-order chi connectivity index (χ1) is 8.62. The molecule has 1 aromatic rings. The molecule has 1 unspecified atom stereocenters. The van der Waals surface area contributed by atoms with E-state index in [1.807, 2.05) is 12.1 Å². The molecule has 0 radical (unpaired) electrons. The molecule has 1 aromatic heterocycles. The first kappa shape index (κ1) is 15.5. The average Bonchev–Trinajstić information content (AvgIpc) is 2.27. The molecule has 0 spiro atoms. The summed E-state index contributed by atoms with van der Waals surface area (Å²) >= 11 is 0. The van der Waals surface area contributed by atoms with Crippen LogP contribution in [0.25, 0.3) is 0 Å². The van der Waals surface area contributed by atoms with Crippen LogP contribution in [-0.2, 0) is 5.41 Å². The quantitative estimate of drug-likeness (QED) is 0.576. The summed E-state index contributed by atoms with van der Waals surface area (Å²) in [6.45, 7) is 12.8. The Morgan fingerprint density at radius 3 is 2.26 bits per heavy atom. The van der Waals surface area contributed by atoms with Crippen LogP contribution in [0.4, 0.5) is 5.82 Å². The van der Waals surface area contributed by atoms with Crippen molar-refractivity contribution in [3.63, 3.8) is 0 Å². The van der Waals surface area contributed by atoms with Gasteiger partial charge in [0.25, 0.3) is 0 Å². The van der Waals surface area contributed by atoms with Gasteiger partial charge >= 0.3 is 0 Å². The van der Waals surface area contributed by atoms with E-state index >= 15 is 0 Å². The lowest BCUT2D eigenvalue weighted by atomic mass is 9.91. The molecule has 0 aromatic carbocycles. The maximum Gasteiger partial charge on any atom is 0.137 e. The number of hydrogen-bond donors (Lipinski definition) is 3. The molecule has 0 saturated carbocycles. The van der Waals surface area contributed by atoms with Crippen molar-refractivity contribution in [1.29, 1.82) is 5.41 Å². The summed E-state index contributed by atoms with van der Waals surface area (Å²) in [4.78, 5) is 4.66. The Morgan fingerprint density at radius 2 is 1.84 bits per heavy atom. The number of nitrogen functional groups attached to an aromatic ring is 1. The van der Waals surface area contributed by atoms with Crippen LogP contribution < -0.4 is 11.1 Å². The number of nitrogens with zero attached hydrogens (tertiary/aromatic N) is 1. The Kier molecular flexibility index (Phi) is 4.56. The number of nitrogens with one attached hydrogen (secondary N) is 2. The molecule has 4 nitrogen and oxygen atoms in total. The lowest BCUT2D eigenvalue weighted by molar-refractivity contribution is 0.551. The van der Waals surface area contributed by atoms with Crippen LogP contribution in [0.15, 0.2) is 12.1 Å². The molecule has 0 bridgehead atoms. The molecule has 1 heterocycles. The minimum atomic E-state index is -0.0210. The fourth-order valence-corrected chi connectivity index (χ4v) is 1.59. The van der Waals surface area contributed by atoms with Gasteiger partial charge in [0.2, 0.25) is 0 Å². The minimum Gasteiger partial charge on any atom is -0.384 e. The van der Waals surface area contributed by atoms with E-state index in [1.54, 1.807) is 0 Å². The third kappa shape index (κ3) is 3.94. The van der Waals surface area contributed by atoms with Crippen LogP contribution in [0.1, 0.15) is 52.8 Å². The zero-order valence-corrected chi connectivity index (χ0v) is 12.8. The molecule has 0 aliphatic carbocycles. The largest absolute Gasteiger partial charge is 0.384 e. The molecule has 0 aliphatic heterocycles. The van der Waals surface area contributed by atoms with E-state index in [2.05, 4.69) is 51.8 Å². The van der Waals surface area contributed by atoms with Crippen LogP contribution in [0.2, 0.25) is 0 Å². The van der Waals surface area contributed by atoms with Crippen molar-refractivity contribution in [2.24, 2.45) is 11.7 Å². The molecule has 4 heteroatoms. The van der Waals surface area contributed by atoms with Crippen LogP contribution in [0.3, 0.4) is 0 Å². The molecule has 4 N–H and O–H groups in total. The van der Waals surface area contributed by atoms with Gasteiger partial charge in [0, 0.05) is 17.2 Å². The van der Waals surface area contributed by atoms with Crippen molar-refractivity contribution < 1.29 is 0 Å². The van der Waals surface area contributed by atoms with Crippen molar-refractivity contribution in [2.75, 3.05) is 5.32 Å². The molecule has 0 aliphatic rings. The van der Waals surface area contributed by atoms with Gasteiger partial charge in [-0.15, -0.1) is 0 Å². The van der Waals surface area contributed by atoms with Gasteiger partial charge in [0.15, 0.2) is 0 Å². The van der Waals surface area contributed by atoms with Gasteiger partial charge in [-0.2, -0.15) is 0 Å². The third-order valence-electron chi connectivity index (χ3n) is 3.32. The number of aromatic nitrogens is 1. The fraction of sp³-hybridized carbons (Fsp3) is 0.600. The smallest absolute Gasteiger partial charge is 0.137 e. The summed E-state index contributed by atoms with van der Waals surface area (Å²) in [5, 5.41) is 11.0. The third-order valence-corrected chi connectivity index (χ3v) is 3.32. The number of pyridine rings is 1. The topological polar surface area (TPSA) is 74.8 Å². The summed E-state index contributed by atoms with van der Waals surface area (Å²) in [6.07, 6.45) is 0. The first-order valence-electron chi connectivity index (χ1n) is 6.75. The van der Waals surface area contributed by atoms with Crippen LogP contribution >= 0.6 is 0 Å². The van der Waals surface area contributed by atoms with Crippen molar-refractivity contribution in [3.8, 4) is 0 Å². The number of anilines is 1. The van der Waals surface area contributed by atoms with Crippen molar-refractivity contribution in [1.82, 2.24) is 4.98 Å². The summed E-state index contributed by atoms with van der Waals surface area (Å²) in [7, 11) is 0. The van der Waals surface area contributed by atoms with Crippen molar-refractivity contribution >= 4 is 11.7 Å². The van der Waals surface area contributed by atoms with Crippen LogP contribution in [0.5, 0.6) is 0 Å². The van der Waals surface area contributed by atoms with E-state index in [0.717, 1.165) is 5.69 Å². The predicted octanol–water partition coefficient (Wildman–Crippen LogP) is 3.12. The average molecular weight is 262 g/mol. The molecule has 106 valence electrons. The highest BCUT2D eigenvalue weighted by Crippen LogP contribution is 2.24. The van der Waals surface area contributed by atoms with E-state index in [-0.39, 0.29) is 17.3 Å². The van der Waals surface area contributed by atoms with Gasteiger partial charge in [-0.1, -0.05) is 34.6 Å². The molecular formula is C15H26N4. The molecule has 19 heavy (non-hydrogen) atoms. The number of amidine groups is 1. The SMILES string of the molecule is CC(C)C(C)Nc1nc(C(C)(C)C)ccc1C(=N)N. The Bertz CT molecular complexity index is 458. The summed E-state index contributed by atoms with van der Waals surface area (Å²) in [5.41, 5.74) is 7.27. The lowest BCUT2D eigenvalue weighted by Crippen LogP contribution is -2.26. The van der Waals surface area contributed by atoms with Crippen molar-refractivity contribution in [2.45, 2.75) is 53.0 Å². The maximum atomic E-state index is 7.65. The predicted molar refractivity (Wildman–Crippen MR) is 81.9 cm³/mol. The summed E-state index contributed by atoms with van der Waals surface area (Å²) in [6, 6.07) is 4.11. The molecular weight excluding hydrogens is 236 g/mol. The molecule has 0 amide bonds. The Labute approximate surface area is 116 Å². The second-order valence-corrected chi connectivity index (χ2v) is 6.43. The van der Waals surface area contributed by atoms with E-state index in [0.29, 0.717) is 17.3 Å². The molecule has 0 saturated heterocycles. The van der Waals surface area contributed by atoms with Gasteiger partial charge in [0.1, 0.15) is 11.7 Å². The molecule has 1 rings (SSSR count). The van der Waals surface area contributed by atoms with Gasteiger partial charge in [0.05, 0.1) is 5.56 Å². The van der Waals surface area contributed by atoms with E-state index in [9.17, 15) is 0 Å². The lowest BCUT2D eigenvalue weighted by Gasteiger charge is -2.23. The van der Waals surface area contributed by atoms with Crippen LogP contribution in [-0.4, -0.2) is 16.9 Å². The van der Waals surface area contributed by atoms with Gasteiger partial charge in [-0.3, -0.25) is 5.41 Å². The van der Waals surface area contributed by atoms with E-state index in [4.69, 9.17) is 11.1 Å².